The third-order valence-corrected chi connectivity index (χ3v) is 4.34. The maximum Gasteiger partial charge on any atom is 0.240 e. The van der Waals surface area contributed by atoms with E-state index in [9.17, 15) is 8.42 Å². The minimum Gasteiger partial charge on any atom is -0.208 e. The molecule has 0 aromatic heterocycles. The molecule has 0 unspecified atom stereocenters. The Morgan fingerprint density at radius 3 is 2.38 bits per heavy atom. The number of nitrogens with one attached hydrogen (secondary N) is 1. The van der Waals surface area contributed by atoms with E-state index in [0.717, 1.165) is 17.3 Å². The van der Waals surface area contributed by atoms with Gasteiger partial charge in [-0.15, -0.1) is 0 Å². The summed E-state index contributed by atoms with van der Waals surface area (Å²) in [5.74, 6) is 0. The van der Waals surface area contributed by atoms with Gasteiger partial charge in [-0.3, -0.25) is 0 Å². The summed E-state index contributed by atoms with van der Waals surface area (Å²) in [6.45, 7) is 3.91. The van der Waals surface area contributed by atoms with E-state index in [1.807, 2.05) is 13.8 Å². The largest absolute Gasteiger partial charge is 0.240 e. The lowest BCUT2D eigenvalue weighted by molar-refractivity contribution is 0.544. The van der Waals surface area contributed by atoms with Crippen LogP contribution in [0.3, 0.4) is 0 Å². The number of hydrogen-bond acceptors (Lipinski definition) is 2. The first-order valence-electron chi connectivity index (χ1n) is 5.23. The molecule has 1 atom stereocenters. The van der Waals surface area contributed by atoms with Crippen LogP contribution in [0.25, 0.3) is 0 Å². The summed E-state index contributed by atoms with van der Waals surface area (Å²) in [4.78, 5) is 0.304. The quantitative estimate of drug-likeness (QED) is 0.909. The predicted molar refractivity (Wildman–Crippen MR) is 68.8 cm³/mol. The standard InChI is InChI=1S/C11H16BrNO2S/c1-3-4-9(2)13-16(14,15)11-7-5-10(12)6-8-11/h5-9,13H,3-4H2,1-2H3/t9-/m0/s1. The Labute approximate surface area is 105 Å². The fourth-order valence-corrected chi connectivity index (χ4v) is 2.98. The Bertz CT molecular complexity index is 428. The van der Waals surface area contributed by atoms with Crippen LogP contribution in [-0.4, -0.2) is 14.5 Å². The molecule has 0 aliphatic carbocycles. The highest BCUT2D eigenvalue weighted by Crippen LogP contribution is 2.15. The van der Waals surface area contributed by atoms with E-state index in [0.29, 0.717) is 4.90 Å². The van der Waals surface area contributed by atoms with Gasteiger partial charge in [0.25, 0.3) is 0 Å². The van der Waals surface area contributed by atoms with Gasteiger partial charge in [-0.2, -0.15) is 0 Å². The van der Waals surface area contributed by atoms with Gasteiger partial charge >= 0.3 is 0 Å². The molecule has 0 amide bonds. The second-order valence-electron chi connectivity index (χ2n) is 3.76. The van der Waals surface area contributed by atoms with Gasteiger partial charge < -0.3 is 0 Å². The molecule has 1 rings (SSSR count). The molecule has 0 bridgehead atoms. The highest BCUT2D eigenvalue weighted by Gasteiger charge is 2.16. The Morgan fingerprint density at radius 2 is 1.88 bits per heavy atom. The average Bonchev–Trinajstić information content (AvgIpc) is 2.17. The molecule has 16 heavy (non-hydrogen) atoms. The van der Waals surface area contributed by atoms with Gasteiger partial charge in [-0.05, 0) is 37.6 Å². The zero-order valence-electron chi connectivity index (χ0n) is 9.40. The van der Waals surface area contributed by atoms with E-state index in [4.69, 9.17) is 0 Å². The molecule has 0 fully saturated rings. The molecule has 1 N–H and O–H groups in total. The Morgan fingerprint density at radius 1 is 1.31 bits per heavy atom. The van der Waals surface area contributed by atoms with Gasteiger partial charge in [0.15, 0.2) is 0 Å². The Kier molecular flexibility index (Phi) is 4.95. The van der Waals surface area contributed by atoms with Crippen molar-refractivity contribution in [1.82, 2.24) is 4.72 Å². The minimum absolute atomic E-state index is 0.0290. The lowest BCUT2D eigenvalue weighted by Crippen LogP contribution is -2.32. The average molecular weight is 306 g/mol. The molecule has 0 radical (unpaired) electrons. The van der Waals surface area contributed by atoms with Gasteiger partial charge in [0.1, 0.15) is 0 Å². The summed E-state index contributed by atoms with van der Waals surface area (Å²) in [7, 11) is -3.37. The van der Waals surface area contributed by atoms with E-state index in [1.165, 1.54) is 0 Å². The molecular formula is C11H16BrNO2S. The van der Waals surface area contributed by atoms with E-state index < -0.39 is 10.0 Å². The molecule has 0 aliphatic heterocycles. The van der Waals surface area contributed by atoms with Crippen LogP contribution in [-0.2, 0) is 10.0 Å². The van der Waals surface area contributed by atoms with Crippen LogP contribution in [0.2, 0.25) is 0 Å². The first-order valence-corrected chi connectivity index (χ1v) is 7.51. The first kappa shape index (κ1) is 13.7. The molecule has 90 valence electrons. The monoisotopic (exact) mass is 305 g/mol. The molecular weight excluding hydrogens is 290 g/mol. The summed E-state index contributed by atoms with van der Waals surface area (Å²) in [6, 6.07) is 6.59. The van der Waals surface area contributed by atoms with Crippen molar-refractivity contribution in [1.29, 1.82) is 0 Å². The van der Waals surface area contributed by atoms with Crippen LogP contribution >= 0.6 is 15.9 Å². The smallest absolute Gasteiger partial charge is 0.208 e. The normalized spacial score (nSPS) is 13.7. The van der Waals surface area contributed by atoms with Crippen molar-refractivity contribution in [2.45, 2.75) is 37.6 Å². The molecule has 1 aromatic carbocycles. The van der Waals surface area contributed by atoms with E-state index in [1.54, 1.807) is 24.3 Å². The zero-order valence-corrected chi connectivity index (χ0v) is 11.8. The van der Waals surface area contributed by atoms with Gasteiger partial charge in [0.05, 0.1) is 4.90 Å². The topological polar surface area (TPSA) is 46.2 Å². The zero-order chi connectivity index (χ0) is 12.2. The summed E-state index contributed by atoms with van der Waals surface area (Å²) < 4.78 is 27.3. The van der Waals surface area contributed by atoms with Crippen molar-refractivity contribution in [3.63, 3.8) is 0 Å². The van der Waals surface area contributed by atoms with Crippen molar-refractivity contribution in [2.24, 2.45) is 0 Å². The minimum atomic E-state index is -3.37. The molecule has 1 aromatic rings. The summed E-state index contributed by atoms with van der Waals surface area (Å²) in [5.41, 5.74) is 0. The van der Waals surface area contributed by atoms with Crippen LogP contribution in [0.4, 0.5) is 0 Å². The van der Waals surface area contributed by atoms with Crippen LogP contribution in [0, 0.1) is 0 Å². The molecule has 5 heteroatoms. The van der Waals surface area contributed by atoms with Crippen LogP contribution in [0.5, 0.6) is 0 Å². The molecule has 0 saturated carbocycles. The van der Waals surface area contributed by atoms with Gasteiger partial charge in [0, 0.05) is 10.5 Å². The summed E-state index contributed by atoms with van der Waals surface area (Å²) in [5, 5.41) is 0. The van der Waals surface area contributed by atoms with Gasteiger partial charge in [-0.1, -0.05) is 29.3 Å². The number of benzene rings is 1. The van der Waals surface area contributed by atoms with Crippen LogP contribution < -0.4 is 4.72 Å². The SMILES string of the molecule is CCC[C@H](C)NS(=O)(=O)c1ccc(Br)cc1. The summed E-state index contributed by atoms with van der Waals surface area (Å²) >= 11 is 3.27. The second-order valence-corrected chi connectivity index (χ2v) is 6.39. The molecule has 0 spiro atoms. The number of rotatable bonds is 5. The maximum absolute atomic E-state index is 11.9. The molecule has 0 heterocycles. The van der Waals surface area contributed by atoms with Crippen LogP contribution in [0.1, 0.15) is 26.7 Å². The van der Waals surface area contributed by atoms with Crippen molar-refractivity contribution in [3.05, 3.63) is 28.7 Å². The molecule has 0 saturated heterocycles. The third kappa shape index (κ3) is 3.88. The second kappa shape index (κ2) is 5.80. The number of hydrogen-bond donors (Lipinski definition) is 1. The van der Waals surface area contributed by atoms with Crippen molar-refractivity contribution < 1.29 is 8.42 Å². The van der Waals surface area contributed by atoms with E-state index in [2.05, 4.69) is 20.7 Å². The Balaban J connectivity index is 2.82. The Hall–Kier alpha value is -0.390. The number of sulfonamides is 1. The van der Waals surface area contributed by atoms with Crippen molar-refractivity contribution >= 4 is 26.0 Å². The first-order chi connectivity index (χ1) is 7.45. The fourth-order valence-electron chi connectivity index (χ4n) is 1.44. The molecule has 0 aliphatic rings. The third-order valence-electron chi connectivity index (χ3n) is 2.20. The maximum atomic E-state index is 11.9. The van der Waals surface area contributed by atoms with Crippen molar-refractivity contribution in [3.8, 4) is 0 Å². The lowest BCUT2D eigenvalue weighted by Gasteiger charge is -2.13. The molecule has 3 nitrogen and oxygen atoms in total. The highest BCUT2D eigenvalue weighted by atomic mass is 79.9. The van der Waals surface area contributed by atoms with Gasteiger partial charge in [0.2, 0.25) is 10.0 Å². The van der Waals surface area contributed by atoms with Crippen molar-refractivity contribution in [2.75, 3.05) is 0 Å². The fraction of sp³-hybridized carbons (Fsp3) is 0.455. The van der Waals surface area contributed by atoms with E-state index >= 15 is 0 Å². The number of halogens is 1. The highest BCUT2D eigenvalue weighted by molar-refractivity contribution is 9.10. The predicted octanol–water partition coefficient (Wildman–Crippen LogP) is 2.92. The van der Waals surface area contributed by atoms with Gasteiger partial charge in [-0.25, -0.2) is 13.1 Å². The lowest BCUT2D eigenvalue weighted by atomic mass is 10.2. The summed E-state index contributed by atoms with van der Waals surface area (Å²) in [6.07, 6.45) is 1.81. The van der Waals surface area contributed by atoms with E-state index in [-0.39, 0.29) is 6.04 Å². The van der Waals surface area contributed by atoms with Crippen LogP contribution in [0.15, 0.2) is 33.6 Å².